The Kier molecular flexibility index (Phi) is 2.42. The Morgan fingerprint density at radius 1 is 0.938 bits per heavy atom. The Hall–Kier alpha value is -1.32. The zero-order valence-electron chi connectivity index (χ0n) is 8.88. The van der Waals surface area contributed by atoms with E-state index >= 15 is 0 Å². The van der Waals surface area contributed by atoms with Crippen LogP contribution in [0.2, 0.25) is 0 Å². The number of aromatic nitrogens is 1. The van der Waals surface area contributed by atoms with Crippen molar-refractivity contribution >= 4 is 22.7 Å². The van der Waals surface area contributed by atoms with Crippen molar-refractivity contribution in [1.29, 1.82) is 0 Å². The van der Waals surface area contributed by atoms with Crippen LogP contribution >= 0.6 is 22.7 Å². The highest BCUT2D eigenvalue weighted by atomic mass is 32.1. The van der Waals surface area contributed by atoms with E-state index in [1.807, 2.05) is 11.3 Å². The molecule has 0 saturated heterocycles. The van der Waals surface area contributed by atoms with Crippen molar-refractivity contribution in [3.05, 3.63) is 48.0 Å². The van der Waals surface area contributed by atoms with E-state index in [-0.39, 0.29) is 0 Å². The van der Waals surface area contributed by atoms with Crippen LogP contribution in [0.1, 0.15) is 0 Å². The fourth-order valence-electron chi connectivity index (χ4n) is 1.74. The van der Waals surface area contributed by atoms with E-state index in [4.69, 9.17) is 0 Å². The van der Waals surface area contributed by atoms with Crippen LogP contribution in [-0.2, 0) is 7.05 Å². The van der Waals surface area contributed by atoms with E-state index in [1.54, 1.807) is 11.3 Å². The first-order valence-electron chi connectivity index (χ1n) is 5.10. The molecule has 0 aliphatic rings. The number of hydrogen-bond donors (Lipinski definition) is 0. The maximum atomic E-state index is 2.21. The predicted octanol–water partition coefficient (Wildman–Crippen LogP) is 4.48. The zero-order valence-corrected chi connectivity index (χ0v) is 10.5. The summed E-state index contributed by atoms with van der Waals surface area (Å²) in [5.41, 5.74) is 1.29. The SMILES string of the molecule is Cn1cccc1-c1ccc(-c2cccs2)s1. The molecule has 0 bridgehead atoms. The predicted molar refractivity (Wildman–Crippen MR) is 72.0 cm³/mol. The molecule has 3 aromatic rings. The standard InChI is InChI=1S/C13H11NS2/c1-14-8-2-4-10(14)11-6-7-13(16-11)12-5-3-9-15-12/h2-9H,1H3. The number of hydrogen-bond acceptors (Lipinski definition) is 2. The van der Waals surface area contributed by atoms with Crippen LogP contribution in [-0.4, -0.2) is 4.57 Å². The third-order valence-electron chi connectivity index (χ3n) is 2.57. The molecule has 0 aromatic carbocycles. The summed E-state index contributed by atoms with van der Waals surface area (Å²) in [6.45, 7) is 0. The fraction of sp³-hybridized carbons (Fsp3) is 0.0769. The minimum Gasteiger partial charge on any atom is -0.350 e. The molecule has 0 atom stereocenters. The molecule has 0 fully saturated rings. The first kappa shape index (κ1) is 9.87. The maximum absolute atomic E-state index is 2.21. The van der Waals surface area contributed by atoms with Crippen LogP contribution in [0.25, 0.3) is 20.3 Å². The molecule has 0 saturated carbocycles. The molecule has 1 nitrogen and oxygen atoms in total. The van der Waals surface area contributed by atoms with Crippen LogP contribution < -0.4 is 0 Å². The van der Waals surface area contributed by atoms with Gasteiger partial charge in [0.1, 0.15) is 0 Å². The average Bonchev–Trinajstić information content (AvgIpc) is 2.96. The van der Waals surface area contributed by atoms with Crippen LogP contribution in [0, 0.1) is 0 Å². The molecule has 0 radical (unpaired) electrons. The first-order chi connectivity index (χ1) is 7.84. The lowest BCUT2D eigenvalue weighted by Crippen LogP contribution is -1.85. The molecule has 0 spiro atoms. The highest BCUT2D eigenvalue weighted by Gasteiger charge is 2.07. The third-order valence-corrected chi connectivity index (χ3v) is 4.74. The number of nitrogens with zero attached hydrogens (tertiary/aromatic N) is 1. The van der Waals surface area contributed by atoms with Gasteiger partial charge >= 0.3 is 0 Å². The van der Waals surface area contributed by atoms with E-state index in [2.05, 4.69) is 59.6 Å². The first-order valence-corrected chi connectivity index (χ1v) is 6.79. The molecule has 80 valence electrons. The highest BCUT2D eigenvalue weighted by Crippen LogP contribution is 2.36. The van der Waals surface area contributed by atoms with E-state index in [0.717, 1.165) is 0 Å². The number of thiophene rings is 2. The zero-order chi connectivity index (χ0) is 11.0. The van der Waals surface area contributed by atoms with Gasteiger partial charge in [0.05, 0.1) is 10.6 Å². The molecule has 3 heteroatoms. The van der Waals surface area contributed by atoms with Gasteiger partial charge in [-0.2, -0.15) is 0 Å². The van der Waals surface area contributed by atoms with Gasteiger partial charge in [-0.05, 0) is 35.7 Å². The summed E-state index contributed by atoms with van der Waals surface area (Å²) >= 11 is 3.65. The molecule has 0 unspecified atom stereocenters. The van der Waals surface area contributed by atoms with E-state index < -0.39 is 0 Å². The van der Waals surface area contributed by atoms with Gasteiger partial charge in [-0.25, -0.2) is 0 Å². The van der Waals surface area contributed by atoms with Gasteiger partial charge in [-0.15, -0.1) is 22.7 Å². The summed E-state index contributed by atoms with van der Waals surface area (Å²) in [5, 5.41) is 2.12. The molecular weight excluding hydrogens is 234 g/mol. The summed E-state index contributed by atoms with van der Waals surface area (Å²) in [6.07, 6.45) is 2.08. The Bertz CT molecular complexity index is 587. The molecule has 0 amide bonds. The lowest BCUT2D eigenvalue weighted by Gasteiger charge is -1.98. The van der Waals surface area contributed by atoms with Crippen molar-refractivity contribution in [2.24, 2.45) is 7.05 Å². The molecule has 0 N–H and O–H groups in total. The third kappa shape index (κ3) is 1.62. The molecule has 3 rings (SSSR count). The largest absolute Gasteiger partial charge is 0.350 e. The van der Waals surface area contributed by atoms with Gasteiger partial charge in [0.2, 0.25) is 0 Å². The summed E-state index contributed by atoms with van der Waals surface area (Å²) in [5.74, 6) is 0. The Morgan fingerprint density at radius 3 is 2.50 bits per heavy atom. The van der Waals surface area contributed by atoms with Crippen molar-refractivity contribution < 1.29 is 0 Å². The maximum Gasteiger partial charge on any atom is 0.0579 e. The molecule has 0 aliphatic carbocycles. The molecule has 0 aliphatic heterocycles. The topological polar surface area (TPSA) is 4.93 Å². The summed E-state index contributed by atoms with van der Waals surface area (Å²) in [4.78, 5) is 4.03. The number of aryl methyl sites for hydroxylation is 1. The second-order valence-electron chi connectivity index (χ2n) is 3.65. The van der Waals surface area contributed by atoms with Gasteiger partial charge in [0, 0.05) is 23.0 Å². The van der Waals surface area contributed by atoms with Crippen molar-refractivity contribution in [2.75, 3.05) is 0 Å². The van der Waals surface area contributed by atoms with Gasteiger partial charge in [0.25, 0.3) is 0 Å². The van der Waals surface area contributed by atoms with Gasteiger partial charge in [-0.3, -0.25) is 0 Å². The summed E-state index contributed by atoms with van der Waals surface area (Å²) < 4.78 is 2.16. The summed E-state index contributed by atoms with van der Waals surface area (Å²) in [7, 11) is 2.08. The second-order valence-corrected chi connectivity index (χ2v) is 5.68. The normalized spacial score (nSPS) is 10.8. The van der Waals surface area contributed by atoms with Crippen molar-refractivity contribution in [3.8, 4) is 20.3 Å². The molecule has 3 heterocycles. The second kappa shape index (κ2) is 3.92. The number of rotatable bonds is 2. The van der Waals surface area contributed by atoms with Crippen LogP contribution in [0.5, 0.6) is 0 Å². The minimum atomic E-state index is 1.29. The van der Waals surface area contributed by atoms with Crippen molar-refractivity contribution in [2.45, 2.75) is 0 Å². The van der Waals surface area contributed by atoms with E-state index in [1.165, 1.54) is 20.3 Å². The Morgan fingerprint density at radius 2 is 1.81 bits per heavy atom. The molecule has 3 aromatic heterocycles. The van der Waals surface area contributed by atoms with Gasteiger partial charge in [-0.1, -0.05) is 6.07 Å². The average molecular weight is 245 g/mol. The lowest BCUT2D eigenvalue weighted by atomic mass is 10.3. The van der Waals surface area contributed by atoms with Crippen LogP contribution in [0.15, 0.2) is 48.0 Å². The van der Waals surface area contributed by atoms with Gasteiger partial charge < -0.3 is 4.57 Å². The van der Waals surface area contributed by atoms with Gasteiger partial charge in [0.15, 0.2) is 0 Å². The highest BCUT2D eigenvalue weighted by molar-refractivity contribution is 7.23. The fourth-order valence-corrected chi connectivity index (χ4v) is 3.65. The molecular formula is C13H11NS2. The smallest absolute Gasteiger partial charge is 0.0579 e. The van der Waals surface area contributed by atoms with Crippen molar-refractivity contribution in [1.82, 2.24) is 4.57 Å². The summed E-state index contributed by atoms with van der Waals surface area (Å²) in [6, 6.07) is 12.9. The van der Waals surface area contributed by atoms with E-state index in [0.29, 0.717) is 0 Å². The van der Waals surface area contributed by atoms with Crippen LogP contribution in [0.3, 0.4) is 0 Å². The lowest BCUT2D eigenvalue weighted by molar-refractivity contribution is 0.940. The molecule has 16 heavy (non-hydrogen) atoms. The monoisotopic (exact) mass is 245 g/mol. The quantitative estimate of drug-likeness (QED) is 0.627. The van der Waals surface area contributed by atoms with Crippen molar-refractivity contribution in [3.63, 3.8) is 0 Å². The Balaban J connectivity index is 2.03. The van der Waals surface area contributed by atoms with E-state index in [9.17, 15) is 0 Å². The minimum absolute atomic E-state index is 1.29. The Labute approximate surface area is 103 Å². The van der Waals surface area contributed by atoms with Crippen LogP contribution in [0.4, 0.5) is 0 Å².